The van der Waals surface area contributed by atoms with Crippen molar-refractivity contribution in [1.29, 1.82) is 0 Å². The zero-order valence-corrected chi connectivity index (χ0v) is 31.1. The van der Waals surface area contributed by atoms with Crippen molar-refractivity contribution in [3.63, 3.8) is 0 Å². The highest BCUT2D eigenvalue weighted by Crippen LogP contribution is 2.70. The average Bonchev–Trinajstić information content (AvgIpc) is 3.42. The monoisotopic (exact) mass is 813 g/mol. The molecule has 1 saturated heterocycles. The molecule has 3 atom stereocenters. The zero-order valence-electron chi connectivity index (χ0n) is 27.9. The maximum atomic E-state index is 14.6. The molecule has 51 heavy (non-hydrogen) atoms. The van der Waals surface area contributed by atoms with Gasteiger partial charge in [0.1, 0.15) is 17.5 Å². The first-order chi connectivity index (χ1) is 24.4. The molecule has 260 valence electrons. The maximum Gasteiger partial charge on any atom is 0.343 e. The molecule has 4 aromatic rings. The van der Waals surface area contributed by atoms with E-state index in [9.17, 15) is 24.0 Å². The Bertz CT molecular complexity index is 1970. The third kappa shape index (κ3) is 5.52. The number of ether oxygens (including phenoxy) is 3. The second kappa shape index (κ2) is 13.2. The summed E-state index contributed by atoms with van der Waals surface area (Å²) >= 11 is 7.98. The SMILES string of the molecule is COc1cccc(C(=O)Oc2ccc(C(=O)COC(=O)C(CC(C)C)N3C(=O)C4C(C3=O)C3(Br)c5ccccc5C4(Br)c4ccccc43)cc2)c1. The Hall–Kier alpha value is -4.61. The van der Waals surface area contributed by atoms with E-state index in [1.54, 1.807) is 24.3 Å². The Kier molecular flexibility index (Phi) is 9.00. The molecule has 2 bridgehead atoms. The second-order valence-corrected chi connectivity index (χ2v) is 15.8. The molecular weight excluding hydrogens is 782 g/mol. The number of alkyl halides is 2. The Labute approximate surface area is 311 Å². The molecule has 0 aromatic heterocycles. The highest BCUT2D eigenvalue weighted by atomic mass is 79.9. The Morgan fingerprint density at radius 3 is 1.75 bits per heavy atom. The molecule has 11 heteroatoms. The topological polar surface area (TPSA) is 116 Å². The van der Waals surface area contributed by atoms with Crippen LogP contribution in [0.3, 0.4) is 0 Å². The number of carbonyl (C=O) groups is 5. The van der Waals surface area contributed by atoms with E-state index in [2.05, 4.69) is 31.9 Å². The zero-order chi connectivity index (χ0) is 36.2. The van der Waals surface area contributed by atoms with Crippen LogP contribution in [-0.2, 0) is 27.8 Å². The van der Waals surface area contributed by atoms with Gasteiger partial charge < -0.3 is 14.2 Å². The summed E-state index contributed by atoms with van der Waals surface area (Å²) in [5.41, 5.74) is 4.07. The highest BCUT2D eigenvalue weighted by Gasteiger charge is 2.73. The van der Waals surface area contributed by atoms with E-state index in [-0.39, 0.29) is 23.7 Å². The summed E-state index contributed by atoms with van der Waals surface area (Å²) in [6, 6.07) is 26.7. The van der Waals surface area contributed by atoms with Gasteiger partial charge in [0.25, 0.3) is 0 Å². The maximum absolute atomic E-state index is 14.6. The van der Waals surface area contributed by atoms with Crippen LogP contribution in [0, 0.1) is 17.8 Å². The summed E-state index contributed by atoms with van der Waals surface area (Å²) < 4.78 is 14.1. The summed E-state index contributed by atoms with van der Waals surface area (Å²) in [6.45, 7) is 3.17. The van der Waals surface area contributed by atoms with Gasteiger partial charge in [0.15, 0.2) is 12.4 Å². The number of likely N-dealkylation sites (tertiary alicyclic amines) is 1. The molecular formula is C40H33Br2NO8. The van der Waals surface area contributed by atoms with Crippen LogP contribution in [0.2, 0.25) is 0 Å². The smallest absolute Gasteiger partial charge is 0.343 e. The van der Waals surface area contributed by atoms with Crippen LogP contribution in [0.5, 0.6) is 11.5 Å². The molecule has 4 aliphatic rings. The van der Waals surface area contributed by atoms with E-state index >= 15 is 0 Å². The van der Waals surface area contributed by atoms with E-state index in [4.69, 9.17) is 14.2 Å². The fourth-order valence-electron chi connectivity index (χ4n) is 7.69. The number of ketones is 1. The number of benzene rings is 4. The molecule has 4 aromatic carbocycles. The molecule has 1 fully saturated rings. The van der Waals surface area contributed by atoms with Gasteiger partial charge in [-0.15, -0.1) is 0 Å². The van der Waals surface area contributed by atoms with Crippen LogP contribution in [0.15, 0.2) is 97.1 Å². The number of esters is 2. The van der Waals surface area contributed by atoms with Crippen molar-refractivity contribution >= 4 is 61.4 Å². The molecule has 3 aliphatic carbocycles. The first-order valence-electron chi connectivity index (χ1n) is 16.5. The van der Waals surface area contributed by atoms with E-state index in [1.165, 1.54) is 31.4 Å². The Morgan fingerprint density at radius 1 is 0.725 bits per heavy atom. The number of nitrogens with zero attached hydrogens (tertiary/aromatic N) is 1. The molecule has 1 aliphatic heterocycles. The molecule has 2 amide bonds. The quantitative estimate of drug-likeness (QED) is 0.0555. The molecule has 0 N–H and O–H groups in total. The lowest BCUT2D eigenvalue weighted by Gasteiger charge is -2.55. The van der Waals surface area contributed by atoms with Gasteiger partial charge in [0.2, 0.25) is 11.8 Å². The highest BCUT2D eigenvalue weighted by molar-refractivity contribution is 9.10. The molecule has 0 spiro atoms. The van der Waals surface area contributed by atoms with Gasteiger partial charge in [-0.25, -0.2) is 9.59 Å². The van der Waals surface area contributed by atoms with E-state index < -0.39 is 62.7 Å². The second-order valence-electron chi connectivity index (χ2n) is 13.3. The van der Waals surface area contributed by atoms with Crippen molar-refractivity contribution in [2.45, 2.75) is 35.0 Å². The van der Waals surface area contributed by atoms with E-state index in [0.29, 0.717) is 11.3 Å². The van der Waals surface area contributed by atoms with Gasteiger partial charge >= 0.3 is 11.9 Å². The number of rotatable bonds is 10. The number of amides is 2. The van der Waals surface area contributed by atoms with Crippen LogP contribution in [0.4, 0.5) is 0 Å². The van der Waals surface area contributed by atoms with Crippen molar-refractivity contribution in [2.24, 2.45) is 17.8 Å². The summed E-state index contributed by atoms with van der Waals surface area (Å²) in [7, 11) is 1.50. The Balaban J connectivity index is 1.10. The molecule has 0 radical (unpaired) electrons. The molecule has 0 saturated carbocycles. The van der Waals surface area contributed by atoms with Crippen molar-refractivity contribution in [3.05, 3.63) is 130 Å². The number of imide groups is 1. The Morgan fingerprint density at radius 2 is 1.25 bits per heavy atom. The van der Waals surface area contributed by atoms with Gasteiger partial charge in [0, 0.05) is 5.56 Å². The van der Waals surface area contributed by atoms with Gasteiger partial charge in [0.05, 0.1) is 33.2 Å². The number of Topliss-reactive ketones (excluding diaryl/α,β-unsaturated/α-hetero) is 1. The number of hydrogen-bond donors (Lipinski definition) is 0. The lowest BCUT2D eigenvalue weighted by atomic mass is 9.54. The van der Waals surface area contributed by atoms with Crippen molar-refractivity contribution in [1.82, 2.24) is 4.90 Å². The minimum atomic E-state index is -1.24. The minimum Gasteiger partial charge on any atom is -0.497 e. The van der Waals surface area contributed by atoms with E-state index in [1.807, 2.05) is 62.4 Å². The van der Waals surface area contributed by atoms with E-state index in [0.717, 1.165) is 27.2 Å². The van der Waals surface area contributed by atoms with Crippen molar-refractivity contribution in [3.8, 4) is 11.5 Å². The fourth-order valence-corrected chi connectivity index (χ4v) is 9.99. The van der Waals surface area contributed by atoms with Gasteiger partial charge in [-0.1, -0.05) is 100 Å². The van der Waals surface area contributed by atoms with Crippen LogP contribution in [0.25, 0.3) is 0 Å². The molecule has 9 nitrogen and oxygen atoms in total. The number of methoxy groups -OCH3 is 1. The molecule has 8 rings (SSSR count). The molecule has 1 heterocycles. The lowest BCUT2D eigenvalue weighted by molar-refractivity contribution is -0.159. The predicted molar refractivity (Wildman–Crippen MR) is 194 cm³/mol. The number of halogens is 2. The third-order valence-corrected chi connectivity index (χ3v) is 12.6. The van der Waals surface area contributed by atoms with Crippen LogP contribution in [-0.4, -0.2) is 54.2 Å². The average molecular weight is 816 g/mol. The fraction of sp³-hybridized carbons (Fsp3) is 0.275. The normalized spacial score (nSPS) is 23.3. The number of carbonyl (C=O) groups excluding carboxylic acids is 5. The summed E-state index contributed by atoms with van der Waals surface area (Å²) in [6.07, 6.45) is 0.155. The van der Waals surface area contributed by atoms with Crippen LogP contribution < -0.4 is 9.47 Å². The molecule has 3 unspecified atom stereocenters. The van der Waals surface area contributed by atoms with Gasteiger partial charge in [-0.05, 0) is 77.1 Å². The van der Waals surface area contributed by atoms with Gasteiger partial charge in [-0.2, -0.15) is 0 Å². The lowest BCUT2D eigenvalue weighted by Crippen LogP contribution is -2.56. The standard InChI is InChI=1S/C40H33Br2NO8/c1-22(2)19-31(38(48)50-21-32(44)23-15-17-25(18-16-23)51-37(47)24-9-8-10-26(20-24)49-3)43-35(45)33-34(36(43)46)40(42)28-12-5-4-11-27(28)39(33,41)29-13-6-7-14-30(29)40/h4-18,20,22,31,33-34H,19,21H2,1-3H3. The summed E-state index contributed by atoms with van der Waals surface area (Å²) in [5.74, 6) is -3.92. The third-order valence-electron chi connectivity index (χ3n) is 9.94. The predicted octanol–water partition coefficient (Wildman–Crippen LogP) is 6.96. The summed E-state index contributed by atoms with van der Waals surface area (Å²) in [5, 5.41) is 0. The van der Waals surface area contributed by atoms with Crippen LogP contribution in [0.1, 0.15) is 63.2 Å². The van der Waals surface area contributed by atoms with Crippen molar-refractivity contribution < 1.29 is 38.2 Å². The largest absolute Gasteiger partial charge is 0.497 e. The first kappa shape index (κ1) is 34.8. The van der Waals surface area contributed by atoms with Crippen molar-refractivity contribution in [2.75, 3.05) is 13.7 Å². The van der Waals surface area contributed by atoms with Gasteiger partial charge in [-0.3, -0.25) is 19.3 Å². The summed E-state index contributed by atoms with van der Waals surface area (Å²) in [4.78, 5) is 69.8. The number of hydrogen-bond acceptors (Lipinski definition) is 8. The minimum absolute atomic E-state index is 0.0873. The van der Waals surface area contributed by atoms with Crippen LogP contribution >= 0.6 is 31.9 Å². The first-order valence-corrected chi connectivity index (χ1v) is 18.1.